The Kier molecular flexibility index (Phi) is 5.35. The highest BCUT2D eigenvalue weighted by Gasteiger charge is 2.30. The second-order valence-electron chi connectivity index (χ2n) is 6.30. The Morgan fingerprint density at radius 1 is 0.963 bits per heavy atom. The van der Waals surface area contributed by atoms with E-state index in [1.807, 2.05) is 30.7 Å². The van der Waals surface area contributed by atoms with Gasteiger partial charge in [-0.3, -0.25) is 4.68 Å². The summed E-state index contributed by atoms with van der Waals surface area (Å²) in [7, 11) is 0. The topological polar surface area (TPSA) is 27.1 Å². The number of ether oxygens (including phenoxy) is 1. The van der Waals surface area contributed by atoms with Gasteiger partial charge in [-0.1, -0.05) is 48.0 Å². The molecule has 1 aromatic heterocycles. The smallest absolute Gasteiger partial charge is 0.406 e. The highest BCUT2D eigenvalue weighted by atomic mass is 19.4. The molecular weight excluding hydrogens is 353 g/mol. The maximum Gasteiger partial charge on any atom is 0.573 e. The molecule has 0 unspecified atom stereocenters. The van der Waals surface area contributed by atoms with Gasteiger partial charge >= 0.3 is 6.36 Å². The molecule has 140 valence electrons. The maximum absolute atomic E-state index is 12.2. The first-order chi connectivity index (χ1) is 12.8. The monoisotopic (exact) mass is 372 g/mol. The first-order valence-electron chi connectivity index (χ1n) is 8.42. The highest BCUT2D eigenvalue weighted by molar-refractivity contribution is 5.68. The van der Waals surface area contributed by atoms with Crippen LogP contribution in [0.1, 0.15) is 28.1 Å². The van der Waals surface area contributed by atoms with Gasteiger partial charge in [-0.25, -0.2) is 0 Å². The van der Waals surface area contributed by atoms with Crippen molar-refractivity contribution in [2.75, 3.05) is 0 Å². The Labute approximate surface area is 155 Å². The van der Waals surface area contributed by atoms with Crippen molar-refractivity contribution < 1.29 is 17.9 Å². The summed E-state index contributed by atoms with van der Waals surface area (Å²) in [5, 5.41) is 4.56. The predicted molar refractivity (Wildman–Crippen MR) is 99.3 cm³/mol. The number of alkyl halides is 3. The lowest BCUT2D eigenvalue weighted by atomic mass is 10.1. The second kappa shape index (κ2) is 7.70. The number of benzene rings is 2. The lowest BCUT2D eigenvalue weighted by Crippen LogP contribution is -2.16. The zero-order valence-corrected chi connectivity index (χ0v) is 15.0. The summed E-state index contributed by atoms with van der Waals surface area (Å²) in [5.74, 6) is -0.238. The largest absolute Gasteiger partial charge is 0.573 e. The quantitative estimate of drug-likeness (QED) is 0.581. The van der Waals surface area contributed by atoms with Gasteiger partial charge in [0.2, 0.25) is 0 Å². The summed E-state index contributed by atoms with van der Waals surface area (Å²) in [6.07, 6.45) is -1.05. The molecule has 0 aliphatic heterocycles. The lowest BCUT2D eigenvalue weighted by Gasteiger charge is -2.08. The van der Waals surface area contributed by atoms with Gasteiger partial charge in [0.15, 0.2) is 0 Å². The molecule has 0 spiro atoms. The first kappa shape index (κ1) is 18.8. The van der Waals surface area contributed by atoms with E-state index in [0.717, 1.165) is 17.0 Å². The van der Waals surface area contributed by atoms with Gasteiger partial charge in [0.1, 0.15) is 5.75 Å². The van der Waals surface area contributed by atoms with Gasteiger partial charge in [-0.15, -0.1) is 13.2 Å². The molecule has 0 atom stereocenters. The standard InChI is InChI=1S/C21H19F3N2O/c1-15-3-5-18(6-4-15)14-26-16(2)13-19(25-26)10-7-17-8-11-20(12-9-17)27-21(22,23)24/h3-13H,14H2,1-2H3/b10-7-. The molecule has 0 radical (unpaired) electrons. The number of aryl methyl sites for hydroxylation is 2. The third kappa shape index (κ3) is 5.48. The number of hydrogen-bond donors (Lipinski definition) is 0. The second-order valence-corrected chi connectivity index (χ2v) is 6.30. The van der Waals surface area contributed by atoms with Crippen molar-refractivity contribution in [2.45, 2.75) is 26.8 Å². The van der Waals surface area contributed by atoms with Crippen LogP contribution in [0.25, 0.3) is 12.2 Å². The fourth-order valence-electron chi connectivity index (χ4n) is 2.61. The number of hydrogen-bond acceptors (Lipinski definition) is 2. The summed E-state index contributed by atoms with van der Waals surface area (Å²) >= 11 is 0. The maximum atomic E-state index is 12.2. The molecule has 27 heavy (non-hydrogen) atoms. The van der Waals surface area contributed by atoms with Crippen LogP contribution in [0.5, 0.6) is 5.75 Å². The molecule has 0 aliphatic carbocycles. The molecule has 6 heteroatoms. The van der Waals surface area contributed by atoms with Gasteiger partial charge in [0, 0.05) is 5.69 Å². The normalized spacial score (nSPS) is 11.9. The Morgan fingerprint density at radius 2 is 1.63 bits per heavy atom. The molecule has 0 amide bonds. The zero-order chi connectivity index (χ0) is 19.4. The number of nitrogens with zero attached hydrogens (tertiary/aromatic N) is 2. The first-order valence-corrected chi connectivity index (χ1v) is 8.42. The van der Waals surface area contributed by atoms with E-state index in [4.69, 9.17) is 0 Å². The van der Waals surface area contributed by atoms with Crippen molar-refractivity contribution in [1.29, 1.82) is 0 Å². The summed E-state index contributed by atoms with van der Waals surface area (Å²) in [6.45, 7) is 4.72. The molecular formula is C21H19F3N2O. The number of aromatic nitrogens is 2. The number of halogens is 3. The lowest BCUT2D eigenvalue weighted by molar-refractivity contribution is -0.274. The summed E-state index contributed by atoms with van der Waals surface area (Å²) in [5.41, 5.74) is 4.96. The van der Waals surface area contributed by atoms with Crippen LogP contribution in [0, 0.1) is 13.8 Å². The minimum absolute atomic E-state index is 0.238. The molecule has 0 saturated carbocycles. The molecule has 3 rings (SSSR count). The average molecular weight is 372 g/mol. The molecule has 3 nitrogen and oxygen atoms in total. The van der Waals surface area contributed by atoms with E-state index in [0.29, 0.717) is 6.54 Å². The van der Waals surface area contributed by atoms with Crippen LogP contribution in [0.3, 0.4) is 0 Å². The Balaban J connectivity index is 1.68. The van der Waals surface area contributed by atoms with E-state index in [1.54, 1.807) is 18.2 Å². The van der Waals surface area contributed by atoms with Crippen LogP contribution in [0.15, 0.2) is 54.6 Å². The van der Waals surface area contributed by atoms with E-state index in [9.17, 15) is 13.2 Å². The molecule has 0 aliphatic rings. The van der Waals surface area contributed by atoms with Crippen molar-refractivity contribution in [1.82, 2.24) is 9.78 Å². The van der Waals surface area contributed by atoms with E-state index >= 15 is 0 Å². The predicted octanol–water partition coefficient (Wildman–Crippen LogP) is 5.62. The highest BCUT2D eigenvalue weighted by Crippen LogP contribution is 2.23. The summed E-state index contributed by atoms with van der Waals surface area (Å²) in [4.78, 5) is 0. The van der Waals surface area contributed by atoms with Gasteiger partial charge in [0.25, 0.3) is 0 Å². The molecule has 1 heterocycles. The van der Waals surface area contributed by atoms with Crippen molar-refractivity contribution in [3.05, 3.63) is 82.7 Å². The minimum Gasteiger partial charge on any atom is -0.406 e. The van der Waals surface area contributed by atoms with Gasteiger partial charge in [-0.2, -0.15) is 5.10 Å². The van der Waals surface area contributed by atoms with Crippen molar-refractivity contribution in [2.24, 2.45) is 0 Å². The van der Waals surface area contributed by atoms with Crippen molar-refractivity contribution in [3.63, 3.8) is 0 Å². The van der Waals surface area contributed by atoms with Crippen LogP contribution >= 0.6 is 0 Å². The molecule has 3 aromatic rings. The Bertz CT molecular complexity index is 924. The van der Waals surface area contributed by atoms with E-state index < -0.39 is 6.36 Å². The van der Waals surface area contributed by atoms with E-state index in [1.165, 1.54) is 23.3 Å². The third-order valence-corrected chi connectivity index (χ3v) is 4.01. The number of rotatable bonds is 5. The van der Waals surface area contributed by atoms with Crippen molar-refractivity contribution in [3.8, 4) is 5.75 Å². The fourth-order valence-corrected chi connectivity index (χ4v) is 2.61. The third-order valence-electron chi connectivity index (χ3n) is 4.01. The van der Waals surface area contributed by atoms with Gasteiger partial charge in [-0.05, 0) is 49.2 Å². The van der Waals surface area contributed by atoms with Crippen LogP contribution in [0.2, 0.25) is 0 Å². The summed E-state index contributed by atoms with van der Waals surface area (Å²) in [6, 6.07) is 16.0. The minimum atomic E-state index is -4.68. The van der Waals surface area contributed by atoms with Crippen LogP contribution in [0.4, 0.5) is 13.2 Å². The molecule has 2 aromatic carbocycles. The van der Waals surface area contributed by atoms with Crippen molar-refractivity contribution >= 4 is 12.2 Å². The van der Waals surface area contributed by atoms with E-state index in [-0.39, 0.29) is 5.75 Å². The molecule has 0 bridgehead atoms. The SMILES string of the molecule is Cc1ccc(Cn2nc(/C=C\c3ccc(OC(F)(F)F)cc3)cc2C)cc1. The molecule has 0 fully saturated rings. The Morgan fingerprint density at radius 3 is 2.26 bits per heavy atom. The average Bonchev–Trinajstić information content (AvgIpc) is 2.95. The van der Waals surface area contributed by atoms with Crippen LogP contribution < -0.4 is 4.74 Å². The summed E-state index contributed by atoms with van der Waals surface area (Å²) < 4.78 is 42.3. The fraction of sp³-hybridized carbons (Fsp3) is 0.190. The van der Waals surface area contributed by atoms with Crippen LogP contribution in [-0.4, -0.2) is 16.1 Å². The van der Waals surface area contributed by atoms with Gasteiger partial charge < -0.3 is 4.74 Å². The zero-order valence-electron chi connectivity index (χ0n) is 15.0. The Hall–Kier alpha value is -3.02. The molecule has 0 N–H and O–H groups in total. The molecule has 0 saturated heterocycles. The van der Waals surface area contributed by atoms with E-state index in [2.05, 4.69) is 34.1 Å². The van der Waals surface area contributed by atoms with Crippen LogP contribution in [-0.2, 0) is 6.54 Å². The van der Waals surface area contributed by atoms with Gasteiger partial charge in [0.05, 0.1) is 12.2 Å².